The molecule has 0 unspecified atom stereocenters. The molecular weight excluding hydrogens is 262 g/mol. The molecule has 0 bridgehead atoms. The van der Waals surface area contributed by atoms with Crippen molar-refractivity contribution < 1.29 is 9.15 Å². The standard InChI is InChI=1S/C18H31NO2/c1-14-16(10-17(21-14)11-19-18(2,3)4)13-20-12-15-8-6-5-7-9-15/h10,15,19H,5-9,11-13H2,1-4H3. The lowest BCUT2D eigenvalue weighted by atomic mass is 9.90. The number of furan rings is 1. The topological polar surface area (TPSA) is 34.4 Å². The summed E-state index contributed by atoms with van der Waals surface area (Å²) in [6, 6.07) is 2.13. The van der Waals surface area contributed by atoms with E-state index in [1.807, 2.05) is 6.92 Å². The highest BCUT2D eigenvalue weighted by Crippen LogP contribution is 2.24. The van der Waals surface area contributed by atoms with Gasteiger partial charge in [-0.1, -0.05) is 19.3 Å². The molecule has 0 amide bonds. The van der Waals surface area contributed by atoms with Crippen LogP contribution >= 0.6 is 0 Å². The Bertz CT molecular complexity index is 425. The zero-order valence-corrected chi connectivity index (χ0v) is 14.1. The molecule has 0 aromatic carbocycles. The van der Waals surface area contributed by atoms with Gasteiger partial charge in [-0.3, -0.25) is 0 Å². The van der Waals surface area contributed by atoms with Crippen LogP contribution in [0.3, 0.4) is 0 Å². The van der Waals surface area contributed by atoms with Gasteiger partial charge in [0, 0.05) is 17.7 Å². The Hall–Kier alpha value is -0.800. The van der Waals surface area contributed by atoms with E-state index in [2.05, 4.69) is 32.2 Å². The highest BCUT2D eigenvalue weighted by molar-refractivity contribution is 5.20. The van der Waals surface area contributed by atoms with E-state index in [-0.39, 0.29) is 5.54 Å². The third-order valence-corrected chi connectivity index (χ3v) is 4.20. The van der Waals surface area contributed by atoms with Crippen LogP contribution < -0.4 is 5.32 Å². The summed E-state index contributed by atoms with van der Waals surface area (Å²) in [7, 11) is 0. The molecule has 21 heavy (non-hydrogen) atoms. The van der Waals surface area contributed by atoms with Crippen LogP contribution in [0, 0.1) is 12.8 Å². The summed E-state index contributed by atoms with van der Waals surface area (Å²) in [5.41, 5.74) is 1.30. The first-order valence-electron chi connectivity index (χ1n) is 8.35. The van der Waals surface area contributed by atoms with Gasteiger partial charge in [0.15, 0.2) is 0 Å². The first kappa shape index (κ1) is 16.6. The van der Waals surface area contributed by atoms with Crippen molar-refractivity contribution in [2.75, 3.05) is 6.61 Å². The normalized spacial score (nSPS) is 17.3. The largest absolute Gasteiger partial charge is 0.465 e. The van der Waals surface area contributed by atoms with E-state index >= 15 is 0 Å². The second kappa shape index (κ2) is 7.46. The molecule has 1 saturated carbocycles. The van der Waals surface area contributed by atoms with Crippen molar-refractivity contribution in [3.63, 3.8) is 0 Å². The molecule has 0 saturated heterocycles. The van der Waals surface area contributed by atoms with E-state index in [0.29, 0.717) is 6.61 Å². The Kier molecular flexibility index (Phi) is 5.88. The van der Waals surface area contributed by atoms with Gasteiger partial charge in [0.25, 0.3) is 0 Å². The van der Waals surface area contributed by atoms with Gasteiger partial charge in [-0.15, -0.1) is 0 Å². The third kappa shape index (κ3) is 5.84. The van der Waals surface area contributed by atoms with Crippen molar-refractivity contribution in [3.8, 4) is 0 Å². The van der Waals surface area contributed by atoms with E-state index in [1.165, 1.54) is 37.7 Å². The monoisotopic (exact) mass is 293 g/mol. The smallest absolute Gasteiger partial charge is 0.118 e. The summed E-state index contributed by atoms with van der Waals surface area (Å²) < 4.78 is 11.7. The molecule has 1 aliphatic carbocycles. The zero-order chi connectivity index (χ0) is 15.3. The maximum atomic E-state index is 5.92. The maximum Gasteiger partial charge on any atom is 0.118 e. The molecule has 120 valence electrons. The fourth-order valence-electron chi connectivity index (χ4n) is 2.86. The molecule has 0 aliphatic heterocycles. The van der Waals surface area contributed by atoms with Crippen LogP contribution in [-0.2, 0) is 17.9 Å². The van der Waals surface area contributed by atoms with Gasteiger partial charge in [0.2, 0.25) is 0 Å². The van der Waals surface area contributed by atoms with E-state index in [4.69, 9.17) is 9.15 Å². The van der Waals surface area contributed by atoms with E-state index in [9.17, 15) is 0 Å². The van der Waals surface area contributed by atoms with Gasteiger partial charge in [0.1, 0.15) is 11.5 Å². The molecule has 1 aromatic heterocycles. The minimum Gasteiger partial charge on any atom is -0.465 e. The molecule has 1 N–H and O–H groups in total. The fourth-order valence-corrected chi connectivity index (χ4v) is 2.86. The number of aryl methyl sites for hydroxylation is 1. The van der Waals surface area contributed by atoms with Crippen molar-refractivity contribution in [2.45, 2.75) is 78.5 Å². The number of hydrogen-bond donors (Lipinski definition) is 1. The summed E-state index contributed by atoms with van der Waals surface area (Å²) in [4.78, 5) is 0. The van der Waals surface area contributed by atoms with Crippen molar-refractivity contribution >= 4 is 0 Å². The lowest BCUT2D eigenvalue weighted by Crippen LogP contribution is -2.34. The van der Waals surface area contributed by atoms with Gasteiger partial charge in [-0.05, 0) is 52.5 Å². The number of ether oxygens (including phenoxy) is 1. The van der Waals surface area contributed by atoms with Gasteiger partial charge in [0.05, 0.1) is 13.2 Å². The van der Waals surface area contributed by atoms with Crippen molar-refractivity contribution in [1.82, 2.24) is 5.32 Å². The van der Waals surface area contributed by atoms with Crippen molar-refractivity contribution in [3.05, 3.63) is 23.2 Å². The van der Waals surface area contributed by atoms with Crippen molar-refractivity contribution in [2.24, 2.45) is 5.92 Å². The molecular formula is C18H31NO2. The molecule has 1 heterocycles. The fraction of sp³-hybridized carbons (Fsp3) is 0.778. The average Bonchev–Trinajstić information content (AvgIpc) is 2.78. The van der Waals surface area contributed by atoms with Crippen LogP contribution in [-0.4, -0.2) is 12.1 Å². The molecule has 3 nitrogen and oxygen atoms in total. The average molecular weight is 293 g/mol. The Morgan fingerprint density at radius 2 is 1.95 bits per heavy atom. The molecule has 2 rings (SSSR count). The Labute approximate surface area is 129 Å². The predicted molar refractivity (Wildman–Crippen MR) is 86.3 cm³/mol. The van der Waals surface area contributed by atoms with Gasteiger partial charge in [-0.25, -0.2) is 0 Å². The molecule has 1 fully saturated rings. The number of hydrogen-bond acceptors (Lipinski definition) is 3. The van der Waals surface area contributed by atoms with E-state index < -0.39 is 0 Å². The Morgan fingerprint density at radius 3 is 2.62 bits per heavy atom. The first-order chi connectivity index (χ1) is 9.94. The van der Waals surface area contributed by atoms with Crippen LogP contribution in [0.5, 0.6) is 0 Å². The SMILES string of the molecule is Cc1oc(CNC(C)(C)C)cc1COCC1CCCCC1. The third-order valence-electron chi connectivity index (χ3n) is 4.20. The second-order valence-electron chi connectivity index (χ2n) is 7.42. The highest BCUT2D eigenvalue weighted by Gasteiger charge is 2.15. The van der Waals surface area contributed by atoms with Gasteiger partial charge in [-0.2, -0.15) is 0 Å². The van der Waals surface area contributed by atoms with Crippen LogP contribution in [0.4, 0.5) is 0 Å². The summed E-state index contributed by atoms with van der Waals surface area (Å²) in [5, 5.41) is 3.45. The lowest BCUT2D eigenvalue weighted by molar-refractivity contribution is 0.0732. The van der Waals surface area contributed by atoms with Crippen LogP contribution in [0.15, 0.2) is 10.5 Å². The molecule has 0 atom stereocenters. The quantitative estimate of drug-likeness (QED) is 0.834. The minimum atomic E-state index is 0.109. The van der Waals surface area contributed by atoms with Crippen molar-refractivity contribution in [1.29, 1.82) is 0 Å². The number of rotatable bonds is 6. The summed E-state index contributed by atoms with van der Waals surface area (Å²) in [6.07, 6.45) is 6.83. The summed E-state index contributed by atoms with van der Waals surface area (Å²) in [5.74, 6) is 2.76. The van der Waals surface area contributed by atoms with Crippen LogP contribution in [0.1, 0.15) is 70.0 Å². The molecule has 3 heteroatoms. The van der Waals surface area contributed by atoms with Crippen LogP contribution in [0.25, 0.3) is 0 Å². The summed E-state index contributed by atoms with van der Waals surface area (Å²) in [6.45, 7) is 10.9. The first-order valence-corrected chi connectivity index (χ1v) is 8.35. The molecule has 1 aliphatic rings. The second-order valence-corrected chi connectivity index (χ2v) is 7.42. The van der Waals surface area contributed by atoms with E-state index in [0.717, 1.165) is 30.6 Å². The minimum absolute atomic E-state index is 0.109. The highest BCUT2D eigenvalue weighted by atomic mass is 16.5. The zero-order valence-electron chi connectivity index (χ0n) is 14.1. The van der Waals surface area contributed by atoms with Gasteiger partial charge < -0.3 is 14.5 Å². The van der Waals surface area contributed by atoms with E-state index in [1.54, 1.807) is 0 Å². The molecule has 0 spiro atoms. The predicted octanol–water partition coefficient (Wildman–Crippen LogP) is 4.57. The maximum absolute atomic E-state index is 5.92. The Balaban J connectivity index is 1.76. The number of nitrogens with one attached hydrogen (secondary N) is 1. The Morgan fingerprint density at radius 1 is 1.24 bits per heavy atom. The summed E-state index contributed by atoms with van der Waals surface area (Å²) >= 11 is 0. The van der Waals surface area contributed by atoms with Gasteiger partial charge >= 0.3 is 0 Å². The molecule has 0 radical (unpaired) electrons. The lowest BCUT2D eigenvalue weighted by Gasteiger charge is -2.21. The molecule has 1 aromatic rings. The van der Waals surface area contributed by atoms with Crippen LogP contribution in [0.2, 0.25) is 0 Å².